The fourth-order valence-corrected chi connectivity index (χ4v) is 1.88. The Morgan fingerprint density at radius 3 is 2.70 bits per heavy atom. The first-order valence-electron chi connectivity index (χ1n) is 8.11. The van der Waals surface area contributed by atoms with E-state index in [0.717, 1.165) is 0 Å². The summed E-state index contributed by atoms with van der Waals surface area (Å²) >= 11 is 5.89. The van der Waals surface area contributed by atoms with Gasteiger partial charge in [0, 0.05) is 18.8 Å². The zero-order chi connectivity index (χ0) is 20.2. The lowest BCUT2D eigenvalue weighted by atomic mass is 9.96. The highest BCUT2D eigenvalue weighted by Gasteiger charge is 2.48. The van der Waals surface area contributed by atoms with Gasteiger partial charge in [-0.15, -0.1) is 0 Å². The summed E-state index contributed by atoms with van der Waals surface area (Å²) in [5.41, 5.74) is -3.27. The van der Waals surface area contributed by atoms with E-state index in [1.54, 1.807) is 0 Å². The van der Waals surface area contributed by atoms with Gasteiger partial charge in [-0.25, -0.2) is 4.79 Å². The minimum absolute atomic E-state index is 0.496. The van der Waals surface area contributed by atoms with E-state index in [4.69, 9.17) is 24.9 Å². The number of carbonyl (C=O) groups is 1. The van der Waals surface area contributed by atoms with Crippen molar-refractivity contribution in [1.29, 1.82) is 0 Å². The maximum atomic E-state index is 13.1. The van der Waals surface area contributed by atoms with E-state index in [1.165, 1.54) is 0 Å². The normalized spacial score (nSPS) is 23.8. The Morgan fingerprint density at radius 2 is 2.20 bits per heavy atom. The molecule has 0 aromatic heterocycles. The van der Waals surface area contributed by atoms with Crippen molar-refractivity contribution in [3.63, 3.8) is 0 Å². The van der Waals surface area contributed by atoms with Gasteiger partial charge in [0.1, 0.15) is 5.75 Å². The van der Waals surface area contributed by atoms with Crippen LogP contribution in [0.1, 0.15) is 24.9 Å². The monoisotopic (exact) mass is 312 g/mol. The molecule has 0 spiro atoms. The number of aryl methyl sites for hydroxylation is 1. The Hall–Kier alpha value is -1.69. The first-order valence-corrected chi connectivity index (χ1v) is 5.48. The molecule has 2 rings (SSSR count). The van der Waals surface area contributed by atoms with E-state index in [1.807, 2.05) is 0 Å². The number of alkyl halides is 3. The number of aliphatic carboxylic acids is 1. The lowest BCUT2D eigenvalue weighted by Gasteiger charge is -2.28. The molecular weight excluding hydrogens is 297 g/mol. The molecule has 0 aliphatic carbocycles. The third kappa shape index (κ3) is 2.35. The molecule has 1 aliphatic rings. The van der Waals surface area contributed by atoms with Crippen LogP contribution in [0.2, 0.25) is 5.02 Å². The predicted molar refractivity (Wildman–Crippen MR) is 67.0 cm³/mol. The van der Waals surface area contributed by atoms with Crippen LogP contribution in [0.15, 0.2) is 11.6 Å². The Bertz CT molecular complexity index is 798. The van der Waals surface area contributed by atoms with Crippen LogP contribution in [-0.2, 0) is 4.79 Å². The summed E-state index contributed by atoms with van der Waals surface area (Å²) in [4.78, 5) is 11.2. The van der Waals surface area contributed by atoms with Crippen molar-refractivity contribution in [3.05, 3.63) is 33.4 Å². The molecule has 1 aromatic rings. The molecule has 20 heavy (non-hydrogen) atoms. The number of benzene rings is 1. The van der Waals surface area contributed by atoms with Gasteiger partial charge in [0.25, 0.3) is 0 Å². The van der Waals surface area contributed by atoms with Crippen LogP contribution in [-0.4, -0.2) is 23.4 Å². The molecule has 0 fully saturated rings. The summed E-state index contributed by atoms with van der Waals surface area (Å²) in [5.74, 6) is -2.69. The largest absolute Gasteiger partial charge is 0.478 e. The molecule has 1 aliphatic heterocycles. The highest BCUT2D eigenvalue weighted by Crippen LogP contribution is 2.41. The molecule has 1 aromatic carbocycles. The highest BCUT2D eigenvalue weighted by atomic mass is 35.5. The Labute approximate surface area is 126 Å². The summed E-state index contributed by atoms with van der Waals surface area (Å²) < 4.78 is 88.7. The molecule has 1 heterocycles. The van der Waals surface area contributed by atoms with Gasteiger partial charge in [-0.1, -0.05) is 11.6 Å². The second-order valence-electron chi connectivity index (χ2n) is 3.97. The van der Waals surface area contributed by atoms with Gasteiger partial charge in [0.15, 0.2) is 0 Å². The average molecular weight is 313 g/mol. The van der Waals surface area contributed by atoms with Crippen LogP contribution in [0.25, 0.3) is 6.08 Å². The predicted octanol–water partition coefficient (Wildman–Crippen LogP) is 3.75. The van der Waals surface area contributed by atoms with Gasteiger partial charge < -0.3 is 9.84 Å². The minimum atomic E-state index is -5.12. The van der Waals surface area contributed by atoms with E-state index < -0.39 is 65.0 Å². The van der Waals surface area contributed by atoms with Crippen molar-refractivity contribution >= 4 is 23.6 Å². The van der Waals surface area contributed by atoms with Crippen molar-refractivity contribution in [2.45, 2.75) is 26.0 Å². The molecular formula is C13H10ClF3O3. The summed E-state index contributed by atoms with van der Waals surface area (Å²) in [6, 6.07) is 0.674. The van der Waals surface area contributed by atoms with Crippen LogP contribution in [0, 0.1) is 13.7 Å². The van der Waals surface area contributed by atoms with Crippen molar-refractivity contribution in [2.75, 3.05) is 0 Å². The number of ether oxygens (including phenoxy) is 1. The SMILES string of the molecule is [2H]C([2H])([2H])c1cc2c(c(C([2H])([2H])[2H])c1Cl)C=C(C(=O)O)C(C(F)(F)F)O2. The lowest BCUT2D eigenvalue weighted by molar-refractivity contribution is -0.187. The van der Waals surface area contributed by atoms with Crippen molar-refractivity contribution in [1.82, 2.24) is 0 Å². The van der Waals surface area contributed by atoms with E-state index in [0.29, 0.717) is 12.1 Å². The van der Waals surface area contributed by atoms with Gasteiger partial charge in [0.05, 0.1) is 5.57 Å². The molecule has 0 saturated carbocycles. The second-order valence-corrected chi connectivity index (χ2v) is 4.35. The molecule has 0 amide bonds. The van der Waals surface area contributed by atoms with Gasteiger partial charge in [0.2, 0.25) is 6.10 Å². The number of rotatable bonds is 1. The highest BCUT2D eigenvalue weighted by molar-refractivity contribution is 6.32. The Morgan fingerprint density at radius 1 is 1.50 bits per heavy atom. The number of fused-ring (bicyclic) bond motifs is 1. The molecule has 1 unspecified atom stereocenters. The molecule has 108 valence electrons. The third-order valence-corrected chi connectivity index (χ3v) is 3.03. The standard InChI is InChI=1S/C13H10ClF3O3/c1-5-3-9-7(6(2)10(5)14)4-8(12(18)19)11(20-9)13(15,16)17/h3-4,11H,1-2H3,(H,18,19)/i1D3,2D3. The number of hydrogen-bond donors (Lipinski definition) is 1. The summed E-state index contributed by atoms with van der Waals surface area (Å²) in [6.45, 7) is -5.96. The van der Waals surface area contributed by atoms with Crippen molar-refractivity contribution in [3.8, 4) is 5.75 Å². The minimum Gasteiger partial charge on any atom is -0.478 e. The van der Waals surface area contributed by atoms with E-state index >= 15 is 0 Å². The maximum absolute atomic E-state index is 13.1. The topological polar surface area (TPSA) is 46.5 Å². The van der Waals surface area contributed by atoms with Gasteiger partial charge in [-0.3, -0.25) is 0 Å². The number of carboxylic acids is 1. The van der Waals surface area contributed by atoms with Crippen LogP contribution < -0.4 is 4.74 Å². The number of carboxylic acid groups (broad SMARTS) is 1. The number of hydrogen-bond acceptors (Lipinski definition) is 2. The fraction of sp³-hybridized carbons (Fsp3) is 0.308. The van der Waals surface area contributed by atoms with Crippen LogP contribution in [0.4, 0.5) is 13.2 Å². The summed E-state index contributed by atoms with van der Waals surface area (Å²) in [7, 11) is 0. The number of halogens is 4. The molecule has 0 saturated heterocycles. The quantitative estimate of drug-likeness (QED) is 0.859. The zero-order valence-corrected chi connectivity index (χ0v) is 10.3. The Kier molecular flexibility index (Phi) is 2.01. The first kappa shape index (κ1) is 8.56. The fourth-order valence-electron chi connectivity index (χ4n) is 1.73. The molecule has 0 radical (unpaired) electrons. The average Bonchev–Trinajstić information content (AvgIpc) is 2.41. The zero-order valence-electron chi connectivity index (χ0n) is 15.5. The van der Waals surface area contributed by atoms with Crippen LogP contribution in [0.3, 0.4) is 0 Å². The molecule has 3 nitrogen and oxygen atoms in total. The lowest BCUT2D eigenvalue weighted by Crippen LogP contribution is -2.40. The van der Waals surface area contributed by atoms with E-state index in [2.05, 4.69) is 4.74 Å². The molecule has 7 heteroatoms. The maximum Gasteiger partial charge on any atom is 0.430 e. The molecule has 0 bridgehead atoms. The molecule has 1 N–H and O–H groups in total. The van der Waals surface area contributed by atoms with Crippen molar-refractivity contribution < 1.29 is 36.0 Å². The van der Waals surface area contributed by atoms with Gasteiger partial charge >= 0.3 is 12.1 Å². The summed E-state index contributed by atoms with van der Waals surface area (Å²) in [6.07, 6.45) is -7.51. The molecule has 1 atom stereocenters. The van der Waals surface area contributed by atoms with Gasteiger partial charge in [-0.05, 0) is 37.0 Å². The smallest absolute Gasteiger partial charge is 0.430 e. The van der Waals surface area contributed by atoms with Crippen molar-refractivity contribution in [2.24, 2.45) is 0 Å². The van der Waals surface area contributed by atoms with Crippen LogP contribution in [0.5, 0.6) is 5.75 Å². The van der Waals surface area contributed by atoms with E-state index in [-0.39, 0.29) is 0 Å². The first-order chi connectivity index (χ1) is 11.5. The third-order valence-electron chi connectivity index (χ3n) is 2.64. The summed E-state index contributed by atoms with van der Waals surface area (Å²) in [5, 5.41) is 8.32. The van der Waals surface area contributed by atoms with E-state index in [9.17, 15) is 18.0 Å². The van der Waals surface area contributed by atoms with Gasteiger partial charge in [-0.2, -0.15) is 13.2 Å². The Balaban J connectivity index is 2.89. The second kappa shape index (κ2) is 4.70. The van der Waals surface area contributed by atoms with Crippen LogP contribution >= 0.6 is 11.6 Å².